The molecule has 0 saturated carbocycles. The molecule has 0 spiro atoms. The monoisotopic (exact) mass is 278 g/mol. The van der Waals surface area contributed by atoms with Crippen molar-refractivity contribution >= 4 is 11.4 Å². The van der Waals surface area contributed by atoms with Crippen LogP contribution in [0.3, 0.4) is 0 Å². The first-order chi connectivity index (χ1) is 9.56. The molecular weight excluding hydrogens is 252 g/mol. The second-order valence-electron chi connectivity index (χ2n) is 5.79. The van der Waals surface area contributed by atoms with Crippen molar-refractivity contribution in [2.75, 3.05) is 37.4 Å². The third-order valence-corrected chi connectivity index (χ3v) is 3.90. The second-order valence-corrected chi connectivity index (χ2v) is 5.79. The number of nitrogen functional groups attached to an aromatic ring is 1. The highest BCUT2D eigenvalue weighted by Gasteiger charge is 2.31. The van der Waals surface area contributed by atoms with E-state index in [1.165, 1.54) is 0 Å². The lowest BCUT2D eigenvalue weighted by molar-refractivity contribution is -0.00466. The minimum Gasteiger partial charge on any atom is -0.493 e. The lowest BCUT2D eigenvalue weighted by Gasteiger charge is -2.40. The van der Waals surface area contributed by atoms with Gasteiger partial charge in [-0.05, 0) is 32.3 Å². The molecule has 1 aliphatic heterocycles. The van der Waals surface area contributed by atoms with Crippen LogP contribution in [0.2, 0.25) is 0 Å². The Morgan fingerprint density at radius 3 is 2.85 bits per heavy atom. The summed E-state index contributed by atoms with van der Waals surface area (Å²) in [6.45, 7) is 6.91. The minimum absolute atomic E-state index is 0.0761. The summed E-state index contributed by atoms with van der Waals surface area (Å²) in [5, 5.41) is 0. The van der Waals surface area contributed by atoms with E-state index in [2.05, 4.69) is 24.8 Å². The number of hydrogen-bond acceptors (Lipinski definition) is 4. The number of nitrogens with zero attached hydrogens (tertiary/aromatic N) is 1. The van der Waals surface area contributed by atoms with Crippen LogP contribution in [0.5, 0.6) is 5.75 Å². The summed E-state index contributed by atoms with van der Waals surface area (Å²) in [6, 6.07) is 5.98. The molecule has 0 bridgehead atoms. The zero-order valence-electron chi connectivity index (χ0n) is 12.8. The van der Waals surface area contributed by atoms with E-state index >= 15 is 0 Å². The summed E-state index contributed by atoms with van der Waals surface area (Å²) in [6.07, 6.45) is 3.22. The molecule has 4 nitrogen and oxygen atoms in total. The molecule has 0 radical (unpaired) electrons. The number of hydrogen-bond donors (Lipinski definition) is 1. The predicted molar refractivity (Wildman–Crippen MR) is 83.5 cm³/mol. The molecule has 1 atom stereocenters. The molecule has 0 aliphatic carbocycles. The molecule has 0 aromatic heterocycles. The lowest BCUT2D eigenvalue weighted by atomic mass is 9.94. The molecule has 112 valence electrons. The maximum atomic E-state index is 6.00. The van der Waals surface area contributed by atoms with E-state index < -0.39 is 0 Å². The van der Waals surface area contributed by atoms with E-state index in [1.807, 2.05) is 12.1 Å². The van der Waals surface area contributed by atoms with Crippen molar-refractivity contribution in [1.29, 1.82) is 0 Å². The zero-order chi connectivity index (χ0) is 14.6. The van der Waals surface area contributed by atoms with Crippen LogP contribution in [0, 0.1) is 0 Å². The van der Waals surface area contributed by atoms with Gasteiger partial charge in [0.15, 0.2) is 0 Å². The van der Waals surface area contributed by atoms with E-state index in [4.69, 9.17) is 15.2 Å². The SMILES string of the molecule is CCCOc1cc(N)cc(N2CCCC(C)(OC)C2)c1. The Labute approximate surface area is 121 Å². The lowest BCUT2D eigenvalue weighted by Crippen LogP contribution is -2.47. The number of rotatable bonds is 5. The third kappa shape index (κ3) is 3.57. The average molecular weight is 278 g/mol. The average Bonchev–Trinajstić information content (AvgIpc) is 2.44. The van der Waals surface area contributed by atoms with Gasteiger partial charge in [0.25, 0.3) is 0 Å². The van der Waals surface area contributed by atoms with Crippen molar-refractivity contribution in [2.24, 2.45) is 0 Å². The van der Waals surface area contributed by atoms with E-state index in [-0.39, 0.29) is 5.60 Å². The number of benzene rings is 1. The van der Waals surface area contributed by atoms with Crippen LogP contribution in [0.1, 0.15) is 33.1 Å². The van der Waals surface area contributed by atoms with Crippen LogP contribution >= 0.6 is 0 Å². The van der Waals surface area contributed by atoms with Crippen molar-refractivity contribution in [2.45, 2.75) is 38.7 Å². The van der Waals surface area contributed by atoms with Crippen molar-refractivity contribution in [1.82, 2.24) is 0 Å². The molecule has 1 aromatic carbocycles. The van der Waals surface area contributed by atoms with Gasteiger partial charge < -0.3 is 20.1 Å². The van der Waals surface area contributed by atoms with Gasteiger partial charge in [0.05, 0.1) is 12.2 Å². The van der Waals surface area contributed by atoms with Crippen molar-refractivity contribution in [3.63, 3.8) is 0 Å². The molecule has 1 heterocycles. The third-order valence-electron chi connectivity index (χ3n) is 3.90. The van der Waals surface area contributed by atoms with E-state index in [9.17, 15) is 0 Å². The summed E-state index contributed by atoms with van der Waals surface area (Å²) < 4.78 is 11.4. The number of anilines is 2. The van der Waals surface area contributed by atoms with Crippen LogP contribution in [0.25, 0.3) is 0 Å². The number of piperidine rings is 1. The van der Waals surface area contributed by atoms with Gasteiger partial charge in [0.1, 0.15) is 5.75 Å². The Hall–Kier alpha value is -1.42. The Kier molecular flexibility index (Phi) is 4.76. The quantitative estimate of drug-likeness (QED) is 0.841. The fourth-order valence-electron chi connectivity index (χ4n) is 2.68. The summed E-state index contributed by atoms with van der Waals surface area (Å²) in [4.78, 5) is 2.34. The second kappa shape index (κ2) is 6.35. The highest BCUT2D eigenvalue weighted by Crippen LogP contribution is 2.31. The van der Waals surface area contributed by atoms with E-state index in [0.29, 0.717) is 0 Å². The fraction of sp³-hybridized carbons (Fsp3) is 0.625. The van der Waals surface area contributed by atoms with Gasteiger partial charge in [-0.3, -0.25) is 0 Å². The van der Waals surface area contributed by atoms with Crippen LogP contribution in [-0.2, 0) is 4.74 Å². The molecule has 1 aromatic rings. The van der Waals surface area contributed by atoms with Crippen LogP contribution in [0.15, 0.2) is 18.2 Å². The maximum absolute atomic E-state index is 6.00. The number of nitrogens with two attached hydrogens (primary N) is 1. The molecule has 1 saturated heterocycles. The predicted octanol–water partition coefficient (Wildman–Crippen LogP) is 3.06. The van der Waals surface area contributed by atoms with Gasteiger partial charge in [0, 0.05) is 43.7 Å². The molecule has 4 heteroatoms. The van der Waals surface area contributed by atoms with E-state index in [1.54, 1.807) is 7.11 Å². The molecular formula is C16H26N2O2. The molecule has 20 heavy (non-hydrogen) atoms. The Bertz CT molecular complexity index is 450. The largest absolute Gasteiger partial charge is 0.493 e. The van der Waals surface area contributed by atoms with Gasteiger partial charge in [-0.2, -0.15) is 0 Å². The number of methoxy groups -OCH3 is 1. The summed E-state index contributed by atoms with van der Waals surface area (Å²) in [5.74, 6) is 0.853. The van der Waals surface area contributed by atoms with Crippen LogP contribution in [-0.4, -0.2) is 32.4 Å². The first-order valence-corrected chi connectivity index (χ1v) is 7.40. The highest BCUT2D eigenvalue weighted by molar-refractivity contribution is 5.61. The Balaban J connectivity index is 2.16. The molecule has 0 amide bonds. The molecule has 1 aliphatic rings. The first kappa shape index (κ1) is 15.0. The Morgan fingerprint density at radius 2 is 2.15 bits per heavy atom. The molecule has 2 N–H and O–H groups in total. The maximum Gasteiger partial charge on any atom is 0.123 e. The van der Waals surface area contributed by atoms with Gasteiger partial charge in [-0.15, -0.1) is 0 Å². The normalized spacial score (nSPS) is 22.9. The van der Waals surface area contributed by atoms with Crippen molar-refractivity contribution < 1.29 is 9.47 Å². The van der Waals surface area contributed by atoms with Crippen LogP contribution in [0.4, 0.5) is 11.4 Å². The zero-order valence-corrected chi connectivity index (χ0v) is 12.8. The summed E-state index contributed by atoms with van der Waals surface area (Å²) >= 11 is 0. The minimum atomic E-state index is -0.0761. The first-order valence-electron chi connectivity index (χ1n) is 7.40. The van der Waals surface area contributed by atoms with Gasteiger partial charge in [-0.1, -0.05) is 6.92 Å². The van der Waals surface area contributed by atoms with Crippen molar-refractivity contribution in [3.05, 3.63) is 18.2 Å². The van der Waals surface area contributed by atoms with Gasteiger partial charge in [0.2, 0.25) is 0 Å². The van der Waals surface area contributed by atoms with E-state index in [0.717, 1.165) is 56.1 Å². The topological polar surface area (TPSA) is 47.7 Å². The Morgan fingerprint density at radius 1 is 1.35 bits per heavy atom. The summed E-state index contributed by atoms with van der Waals surface area (Å²) in [5.41, 5.74) is 7.80. The smallest absolute Gasteiger partial charge is 0.123 e. The highest BCUT2D eigenvalue weighted by atomic mass is 16.5. The molecule has 1 unspecified atom stereocenters. The molecule has 1 fully saturated rings. The fourth-order valence-corrected chi connectivity index (χ4v) is 2.68. The molecule has 2 rings (SSSR count). The standard InChI is InChI=1S/C16H26N2O2/c1-4-8-20-15-10-13(17)9-14(11-15)18-7-5-6-16(2,12-18)19-3/h9-11H,4-8,12,17H2,1-3H3. The summed E-state index contributed by atoms with van der Waals surface area (Å²) in [7, 11) is 1.79. The van der Waals surface area contributed by atoms with Gasteiger partial charge >= 0.3 is 0 Å². The van der Waals surface area contributed by atoms with Crippen molar-refractivity contribution in [3.8, 4) is 5.75 Å². The number of ether oxygens (including phenoxy) is 2. The van der Waals surface area contributed by atoms with Gasteiger partial charge in [-0.25, -0.2) is 0 Å². The van der Waals surface area contributed by atoms with Crippen LogP contribution < -0.4 is 15.4 Å².